The molecule has 0 spiro atoms. The number of rotatable bonds is 3. The molecule has 0 aliphatic carbocycles. The fourth-order valence-electron chi connectivity index (χ4n) is 1.67. The summed E-state index contributed by atoms with van der Waals surface area (Å²) in [5.74, 6) is 0.719. The van der Waals surface area contributed by atoms with Crippen LogP contribution in [0.1, 0.15) is 0 Å². The molecule has 0 radical (unpaired) electrons. The molecule has 18 heavy (non-hydrogen) atoms. The van der Waals surface area contributed by atoms with Gasteiger partial charge in [0.25, 0.3) is 5.69 Å². The monoisotopic (exact) mass is 307 g/mol. The smallest absolute Gasteiger partial charge is 0.277 e. The van der Waals surface area contributed by atoms with Crippen molar-refractivity contribution in [1.29, 1.82) is 0 Å². The second-order valence-corrected chi connectivity index (χ2v) is 4.56. The van der Waals surface area contributed by atoms with E-state index in [4.69, 9.17) is 4.74 Å². The first kappa shape index (κ1) is 12.6. The average molecular weight is 308 g/mol. The van der Waals surface area contributed by atoms with E-state index in [0.29, 0.717) is 5.56 Å². The predicted molar refractivity (Wildman–Crippen MR) is 72.8 cm³/mol. The highest BCUT2D eigenvalue weighted by atomic mass is 79.9. The van der Waals surface area contributed by atoms with E-state index < -0.39 is 0 Å². The number of nitrogens with zero attached hydrogens (tertiary/aromatic N) is 1. The largest absolute Gasteiger partial charge is 0.497 e. The van der Waals surface area contributed by atoms with Gasteiger partial charge >= 0.3 is 0 Å². The van der Waals surface area contributed by atoms with E-state index in [9.17, 15) is 10.1 Å². The maximum absolute atomic E-state index is 11.0. The molecule has 0 saturated heterocycles. The van der Waals surface area contributed by atoms with Crippen LogP contribution in [0.5, 0.6) is 5.75 Å². The fourth-order valence-corrected chi connectivity index (χ4v) is 2.03. The summed E-state index contributed by atoms with van der Waals surface area (Å²) >= 11 is 3.32. The first-order valence-electron chi connectivity index (χ1n) is 5.20. The molecule has 0 heterocycles. The van der Waals surface area contributed by atoms with Gasteiger partial charge < -0.3 is 4.74 Å². The lowest BCUT2D eigenvalue weighted by Gasteiger charge is -2.05. The topological polar surface area (TPSA) is 52.4 Å². The summed E-state index contributed by atoms with van der Waals surface area (Å²) in [6.07, 6.45) is 0. The zero-order valence-corrected chi connectivity index (χ0v) is 11.2. The molecule has 0 N–H and O–H groups in total. The summed E-state index contributed by atoms with van der Waals surface area (Å²) < 4.78 is 5.87. The van der Waals surface area contributed by atoms with E-state index in [1.54, 1.807) is 43.5 Å². The SMILES string of the molecule is COc1ccc(-c2cc(Br)ccc2[N+](=O)[O-])cc1. The van der Waals surface area contributed by atoms with Crippen molar-refractivity contribution < 1.29 is 9.66 Å². The lowest BCUT2D eigenvalue weighted by Crippen LogP contribution is -1.92. The lowest BCUT2D eigenvalue weighted by molar-refractivity contribution is -0.384. The Balaban J connectivity index is 2.54. The first-order valence-corrected chi connectivity index (χ1v) is 5.99. The van der Waals surface area contributed by atoms with E-state index in [-0.39, 0.29) is 10.6 Å². The van der Waals surface area contributed by atoms with Crippen LogP contribution in [0.15, 0.2) is 46.9 Å². The van der Waals surface area contributed by atoms with Crippen molar-refractivity contribution in [3.05, 3.63) is 57.1 Å². The predicted octanol–water partition coefficient (Wildman–Crippen LogP) is 4.03. The zero-order chi connectivity index (χ0) is 13.1. The molecular formula is C13H10BrNO3. The third-order valence-corrected chi connectivity index (χ3v) is 3.05. The maximum atomic E-state index is 11.0. The normalized spacial score (nSPS) is 10.1. The van der Waals surface area contributed by atoms with E-state index in [0.717, 1.165) is 15.8 Å². The summed E-state index contributed by atoms with van der Waals surface area (Å²) in [5, 5.41) is 11.0. The van der Waals surface area contributed by atoms with Crippen molar-refractivity contribution in [3.63, 3.8) is 0 Å². The van der Waals surface area contributed by atoms with Gasteiger partial charge in [-0.05, 0) is 29.8 Å². The van der Waals surface area contributed by atoms with Crippen LogP contribution >= 0.6 is 15.9 Å². The Morgan fingerprint density at radius 1 is 1.17 bits per heavy atom. The van der Waals surface area contributed by atoms with Gasteiger partial charge in [0, 0.05) is 10.5 Å². The third kappa shape index (κ3) is 2.51. The molecule has 2 aromatic rings. The molecular weight excluding hydrogens is 298 g/mol. The number of ether oxygens (including phenoxy) is 1. The van der Waals surface area contributed by atoms with Crippen LogP contribution in [0.3, 0.4) is 0 Å². The van der Waals surface area contributed by atoms with Gasteiger partial charge in [0.15, 0.2) is 0 Å². The highest BCUT2D eigenvalue weighted by Crippen LogP contribution is 2.33. The Bertz CT molecular complexity index is 581. The maximum Gasteiger partial charge on any atom is 0.277 e. The molecule has 5 heteroatoms. The van der Waals surface area contributed by atoms with Crippen LogP contribution in [-0.2, 0) is 0 Å². The molecule has 0 atom stereocenters. The van der Waals surface area contributed by atoms with Crippen LogP contribution < -0.4 is 4.74 Å². The van der Waals surface area contributed by atoms with Crippen LogP contribution in [0.2, 0.25) is 0 Å². The van der Waals surface area contributed by atoms with Crippen LogP contribution in [-0.4, -0.2) is 12.0 Å². The minimum absolute atomic E-state index is 0.0865. The second-order valence-electron chi connectivity index (χ2n) is 3.65. The summed E-state index contributed by atoms with van der Waals surface area (Å²) in [7, 11) is 1.58. The van der Waals surface area contributed by atoms with Crippen molar-refractivity contribution in [1.82, 2.24) is 0 Å². The van der Waals surface area contributed by atoms with Crippen molar-refractivity contribution in [2.45, 2.75) is 0 Å². The lowest BCUT2D eigenvalue weighted by atomic mass is 10.0. The molecule has 0 amide bonds. The van der Waals surface area contributed by atoms with Crippen LogP contribution in [0.25, 0.3) is 11.1 Å². The van der Waals surface area contributed by atoms with Crippen molar-refractivity contribution in [3.8, 4) is 16.9 Å². The van der Waals surface area contributed by atoms with Gasteiger partial charge in [-0.1, -0.05) is 28.1 Å². The zero-order valence-electron chi connectivity index (χ0n) is 9.59. The molecule has 0 bridgehead atoms. The number of nitro groups is 1. The van der Waals surface area contributed by atoms with Crippen molar-refractivity contribution in [2.24, 2.45) is 0 Å². The fraction of sp³-hybridized carbons (Fsp3) is 0.0769. The number of hydrogen-bond acceptors (Lipinski definition) is 3. The van der Waals surface area contributed by atoms with E-state index in [1.807, 2.05) is 0 Å². The Hall–Kier alpha value is -1.88. The molecule has 2 rings (SSSR count). The van der Waals surface area contributed by atoms with Gasteiger partial charge in [-0.25, -0.2) is 0 Å². The minimum atomic E-state index is -0.383. The molecule has 0 aliphatic rings. The third-order valence-electron chi connectivity index (χ3n) is 2.56. The number of benzene rings is 2. The summed E-state index contributed by atoms with van der Waals surface area (Å²) in [4.78, 5) is 10.6. The summed E-state index contributed by atoms with van der Waals surface area (Å²) in [5.41, 5.74) is 1.45. The minimum Gasteiger partial charge on any atom is -0.497 e. The van der Waals surface area contributed by atoms with Gasteiger partial charge in [0.2, 0.25) is 0 Å². The van der Waals surface area contributed by atoms with Crippen molar-refractivity contribution >= 4 is 21.6 Å². The molecule has 92 valence electrons. The van der Waals surface area contributed by atoms with E-state index in [2.05, 4.69) is 15.9 Å². The Labute approximate surface area is 112 Å². The quantitative estimate of drug-likeness (QED) is 0.635. The second kappa shape index (κ2) is 5.18. The number of methoxy groups -OCH3 is 1. The van der Waals surface area contributed by atoms with Crippen molar-refractivity contribution in [2.75, 3.05) is 7.11 Å². The highest BCUT2D eigenvalue weighted by molar-refractivity contribution is 9.10. The van der Waals surface area contributed by atoms with Gasteiger partial charge in [-0.2, -0.15) is 0 Å². The first-order chi connectivity index (χ1) is 8.61. The Kier molecular flexibility index (Phi) is 3.62. The van der Waals surface area contributed by atoms with Gasteiger partial charge in [0.05, 0.1) is 17.6 Å². The van der Waals surface area contributed by atoms with E-state index >= 15 is 0 Å². The highest BCUT2D eigenvalue weighted by Gasteiger charge is 2.15. The van der Waals surface area contributed by atoms with Gasteiger partial charge in [-0.3, -0.25) is 10.1 Å². The van der Waals surface area contributed by atoms with Crippen LogP contribution in [0.4, 0.5) is 5.69 Å². The number of nitro benzene ring substituents is 1. The molecule has 0 unspecified atom stereocenters. The van der Waals surface area contributed by atoms with Gasteiger partial charge in [0.1, 0.15) is 5.75 Å². The summed E-state index contributed by atoms with van der Waals surface area (Å²) in [6.45, 7) is 0. The Morgan fingerprint density at radius 3 is 2.39 bits per heavy atom. The molecule has 4 nitrogen and oxygen atoms in total. The number of hydrogen-bond donors (Lipinski definition) is 0. The Morgan fingerprint density at radius 2 is 1.83 bits per heavy atom. The van der Waals surface area contributed by atoms with Crippen LogP contribution in [0, 0.1) is 10.1 Å². The molecule has 0 fully saturated rings. The van der Waals surface area contributed by atoms with Gasteiger partial charge in [-0.15, -0.1) is 0 Å². The standard InChI is InChI=1S/C13H10BrNO3/c1-18-11-5-2-9(3-6-11)12-8-10(14)4-7-13(12)15(16)17/h2-8H,1H3. The molecule has 0 saturated carbocycles. The number of halogens is 1. The van der Waals surface area contributed by atoms with E-state index in [1.165, 1.54) is 6.07 Å². The summed E-state index contributed by atoms with van der Waals surface area (Å²) in [6, 6.07) is 12.0. The molecule has 2 aromatic carbocycles. The molecule has 0 aliphatic heterocycles. The average Bonchev–Trinajstić information content (AvgIpc) is 2.38. The molecule has 0 aromatic heterocycles.